The van der Waals surface area contributed by atoms with E-state index >= 15 is 0 Å². The maximum Gasteiger partial charge on any atom is 0.126 e. The van der Waals surface area contributed by atoms with Gasteiger partial charge in [0.15, 0.2) is 0 Å². The Bertz CT molecular complexity index is 623. The van der Waals surface area contributed by atoms with Crippen LogP contribution >= 0.6 is 0 Å². The molecule has 0 saturated carbocycles. The molecule has 1 unspecified atom stereocenters. The van der Waals surface area contributed by atoms with Gasteiger partial charge in [0.2, 0.25) is 0 Å². The number of halogens is 1. The first-order chi connectivity index (χ1) is 10.0. The number of aryl methyl sites for hydroxylation is 3. The van der Waals surface area contributed by atoms with Gasteiger partial charge < -0.3 is 5.32 Å². The van der Waals surface area contributed by atoms with Crippen molar-refractivity contribution < 1.29 is 4.39 Å². The van der Waals surface area contributed by atoms with Crippen molar-refractivity contribution in [3.8, 4) is 0 Å². The zero-order valence-electron chi connectivity index (χ0n) is 13.2. The summed E-state index contributed by atoms with van der Waals surface area (Å²) >= 11 is 0. The van der Waals surface area contributed by atoms with Crippen molar-refractivity contribution in [2.24, 2.45) is 0 Å². The summed E-state index contributed by atoms with van der Waals surface area (Å²) in [5, 5.41) is 3.48. The summed E-state index contributed by atoms with van der Waals surface area (Å²) in [4.78, 5) is 4.57. The summed E-state index contributed by atoms with van der Waals surface area (Å²) in [6, 6.07) is 7.47. The zero-order chi connectivity index (χ0) is 15.4. The largest absolute Gasteiger partial charge is 0.305 e. The third-order valence-electron chi connectivity index (χ3n) is 3.66. The highest BCUT2D eigenvalue weighted by atomic mass is 19.1. The smallest absolute Gasteiger partial charge is 0.126 e. The van der Waals surface area contributed by atoms with E-state index in [2.05, 4.69) is 30.2 Å². The molecule has 0 fully saturated rings. The van der Waals surface area contributed by atoms with E-state index in [1.807, 2.05) is 25.3 Å². The van der Waals surface area contributed by atoms with Crippen LogP contribution in [0.25, 0.3) is 0 Å². The molecule has 2 aromatic rings. The Morgan fingerprint density at radius 1 is 1.14 bits per heavy atom. The Morgan fingerprint density at radius 2 is 1.90 bits per heavy atom. The van der Waals surface area contributed by atoms with Gasteiger partial charge in [-0.25, -0.2) is 4.39 Å². The van der Waals surface area contributed by atoms with Crippen LogP contribution in [0.1, 0.15) is 47.3 Å². The van der Waals surface area contributed by atoms with Gasteiger partial charge in [-0.2, -0.15) is 0 Å². The quantitative estimate of drug-likeness (QED) is 0.889. The predicted molar refractivity (Wildman–Crippen MR) is 85.0 cm³/mol. The highest BCUT2D eigenvalue weighted by Crippen LogP contribution is 2.25. The molecule has 112 valence electrons. The highest BCUT2D eigenvalue weighted by Gasteiger charge is 2.18. The summed E-state index contributed by atoms with van der Waals surface area (Å²) in [5.74, 6) is -0.166. The van der Waals surface area contributed by atoms with Crippen molar-refractivity contribution in [2.75, 3.05) is 6.54 Å². The van der Waals surface area contributed by atoms with Gasteiger partial charge in [0.05, 0.1) is 11.7 Å². The third kappa shape index (κ3) is 3.67. The fourth-order valence-corrected chi connectivity index (χ4v) is 2.48. The van der Waals surface area contributed by atoms with Gasteiger partial charge in [-0.05, 0) is 62.1 Å². The average molecular weight is 286 g/mol. The molecule has 0 saturated heterocycles. The monoisotopic (exact) mass is 286 g/mol. The number of rotatable bonds is 5. The lowest BCUT2D eigenvalue weighted by Crippen LogP contribution is -2.25. The molecular weight excluding hydrogens is 263 g/mol. The average Bonchev–Trinajstić information content (AvgIpc) is 2.44. The van der Waals surface area contributed by atoms with Crippen LogP contribution in [-0.2, 0) is 0 Å². The number of hydrogen-bond acceptors (Lipinski definition) is 2. The van der Waals surface area contributed by atoms with E-state index in [4.69, 9.17) is 0 Å². The zero-order valence-corrected chi connectivity index (χ0v) is 13.2. The van der Waals surface area contributed by atoms with Crippen molar-refractivity contribution in [1.82, 2.24) is 10.3 Å². The predicted octanol–water partition coefficient (Wildman–Crippen LogP) is 4.23. The fraction of sp³-hybridized carbons (Fsp3) is 0.389. The molecule has 0 amide bonds. The summed E-state index contributed by atoms with van der Waals surface area (Å²) in [6.07, 6.45) is 2.89. The lowest BCUT2D eigenvalue weighted by atomic mass is 9.98. The molecule has 1 aromatic carbocycles. The van der Waals surface area contributed by atoms with Gasteiger partial charge in [0, 0.05) is 6.20 Å². The second kappa shape index (κ2) is 6.81. The lowest BCUT2D eigenvalue weighted by Gasteiger charge is -2.21. The summed E-state index contributed by atoms with van der Waals surface area (Å²) in [6.45, 7) is 8.86. The van der Waals surface area contributed by atoms with E-state index in [-0.39, 0.29) is 11.9 Å². The molecule has 0 aliphatic heterocycles. The number of nitrogens with zero attached hydrogens (tertiary/aromatic N) is 1. The maximum atomic E-state index is 13.9. The molecule has 2 rings (SSSR count). The van der Waals surface area contributed by atoms with Gasteiger partial charge >= 0.3 is 0 Å². The van der Waals surface area contributed by atoms with Crippen LogP contribution in [0.2, 0.25) is 0 Å². The van der Waals surface area contributed by atoms with Crippen LogP contribution in [-0.4, -0.2) is 11.5 Å². The van der Waals surface area contributed by atoms with E-state index in [0.29, 0.717) is 5.56 Å². The number of benzene rings is 1. The summed E-state index contributed by atoms with van der Waals surface area (Å²) < 4.78 is 13.9. The van der Waals surface area contributed by atoms with Crippen LogP contribution in [0.5, 0.6) is 0 Å². The van der Waals surface area contributed by atoms with Crippen LogP contribution in [0, 0.1) is 26.6 Å². The minimum absolute atomic E-state index is 0.0688. The molecule has 1 heterocycles. The molecule has 0 aliphatic rings. The van der Waals surface area contributed by atoms with Crippen molar-refractivity contribution in [3.05, 3.63) is 64.2 Å². The third-order valence-corrected chi connectivity index (χ3v) is 3.66. The van der Waals surface area contributed by atoms with E-state index < -0.39 is 0 Å². The molecule has 1 aromatic heterocycles. The first-order valence-electron chi connectivity index (χ1n) is 7.45. The van der Waals surface area contributed by atoms with Crippen LogP contribution in [0.15, 0.2) is 30.5 Å². The lowest BCUT2D eigenvalue weighted by molar-refractivity contribution is 0.571. The standard InChI is InChI=1S/C18H23FN2/c1-5-8-20-18(15-7-6-13(3)16(19)10-15)17-14(4)9-12(2)11-21-17/h6-7,9-11,18,20H,5,8H2,1-4H3. The van der Waals surface area contributed by atoms with Gasteiger partial charge in [0.1, 0.15) is 5.82 Å². The van der Waals surface area contributed by atoms with Crippen LogP contribution in [0.3, 0.4) is 0 Å². The SMILES string of the molecule is CCCNC(c1ccc(C)c(F)c1)c1ncc(C)cc1C. The molecular formula is C18H23FN2. The Morgan fingerprint density at radius 3 is 2.52 bits per heavy atom. The normalized spacial score (nSPS) is 12.4. The number of nitrogens with one attached hydrogen (secondary N) is 1. The Hall–Kier alpha value is -1.74. The minimum atomic E-state index is -0.166. The number of hydrogen-bond donors (Lipinski definition) is 1. The van der Waals surface area contributed by atoms with Crippen molar-refractivity contribution in [3.63, 3.8) is 0 Å². The molecule has 3 heteroatoms. The second-order valence-electron chi connectivity index (χ2n) is 5.61. The molecule has 2 nitrogen and oxygen atoms in total. The van der Waals surface area contributed by atoms with Gasteiger partial charge in [-0.1, -0.05) is 25.1 Å². The fourth-order valence-electron chi connectivity index (χ4n) is 2.48. The van der Waals surface area contributed by atoms with E-state index in [1.165, 1.54) is 0 Å². The minimum Gasteiger partial charge on any atom is -0.305 e. The van der Waals surface area contributed by atoms with Crippen molar-refractivity contribution in [1.29, 1.82) is 0 Å². The first kappa shape index (κ1) is 15.6. The first-order valence-corrected chi connectivity index (χ1v) is 7.45. The summed E-state index contributed by atoms with van der Waals surface area (Å²) in [5.41, 5.74) is 4.83. The second-order valence-corrected chi connectivity index (χ2v) is 5.61. The van der Waals surface area contributed by atoms with E-state index in [9.17, 15) is 4.39 Å². The van der Waals surface area contributed by atoms with Gasteiger partial charge in [0.25, 0.3) is 0 Å². The van der Waals surface area contributed by atoms with E-state index in [1.54, 1.807) is 13.0 Å². The van der Waals surface area contributed by atoms with E-state index in [0.717, 1.165) is 35.3 Å². The maximum absolute atomic E-state index is 13.9. The highest BCUT2D eigenvalue weighted by molar-refractivity contribution is 5.35. The molecule has 0 spiro atoms. The molecule has 1 atom stereocenters. The number of aromatic nitrogens is 1. The van der Waals surface area contributed by atoms with Crippen LogP contribution in [0.4, 0.5) is 4.39 Å². The summed E-state index contributed by atoms with van der Waals surface area (Å²) in [7, 11) is 0. The van der Waals surface area contributed by atoms with Gasteiger partial charge in [-0.3, -0.25) is 4.98 Å². The molecule has 0 radical (unpaired) electrons. The Kier molecular flexibility index (Phi) is 5.07. The van der Waals surface area contributed by atoms with Crippen LogP contribution < -0.4 is 5.32 Å². The Labute approximate surface area is 126 Å². The topological polar surface area (TPSA) is 24.9 Å². The molecule has 0 aliphatic carbocycles. The van der Waals surface area contributed by atoms with Crippen molar-refractivity contribution >= 4 is 0 Å². The van der Waals surface area contributed by atoms with Crippen molar-refractivity contribution in [2.45, 2.75) is 40.2 Å². The molecule has 21 heavy (non-hydrogen) atoms. The molecule has 0 bridgehead atoms. The van der Waals surface area contributed by atoms with Gasteiger partial charge in [-0.15, -0.1) is 0 Å². The Balaban J connectivity index is 2.44. The number of pyridine rings is 1. The molecule has 1 N–H and O–H groups in total.